The quantitative estimate of drug-likeness (QED) is 0.565. The summed E-state index contributed by atoms with van der Waals surface area (Å²) in [6.45, 7) is 9.78. The van der Waals surface area contributed by atoms with Crippen molar-refractivity contribution in [2.24, 2.45) is 0 Å². The Bertz CT molecular complexity index is 1000. The molecule has 3 aromatic rings. The van der Waals surface area contributed by atoms with Gasteiger partial charge in [0.05, 0.1) is 12.3 Å². The third-order valence-electron chi connectivity index (χ3n) is 5.64. The van der Waals surface area contributed by atoms with Crippen LogP contribution in [-0.2, 0) is 17.7 Å². The highest BCUT2D eigenvalue weighted by atomic mass is 32.1. The van der Waals surface area contributed by atoms with Crippen LogP contribution < -0.4 is 5.32 Å². The number of ether oxygens (including phenoxy) is 1. The molecule has 1 aliphatic heterocycles. The van der Waals surface area contributed by atoms with Crippen LogP contribution >= 0.6 is 11.3 Å². The maximum atomic E-state index is 5.09. The number of nitrogens with one attached hydrogen (secondary N) is 1. The first kappa shape index (κ1) is 21.8. The monoisotopic (exact) mass is 438 g/mol. The molecule has 0 aromatic carbocycles. The Kier molecular flexibility index (Phi) is 6.89. The number of anilines is 2. The Morgan fingerprint density at radius 2 is 1.97 bits per heavy atom. The average molecular weight is 439 g/mol. The third kappa shape index (κ3) is 5.64. The summed E-state index contributed by atoms with van der Waals surface area (Å²) in [4.78, 5) is 22.1. The van der Waals surface area contributed by atoms with E-state index in [1.54, 1.807) is 18.4 Å². The van der Waals surface area contributed by atoms with Gasteiger partial charge >= 0.3 is 0 Å². The summed E-state index contributed by atoms with van der Waals surface area (Å²) in [5, 5.41) is 4.41. The van der Waals surface area contributed by atoms with E-state index in [9.17, 15) is 0 Å². The number of hydrogen-bond donors (Lipinski definition) is 1. The van der Waals surface area contributed by atoms with Crippen molar-refractivity contribution in [3.05, 3.63) is 57.9 Å². The predicted molar refractivity (Wildman–Crippen MR) is 124 cm³/mol. The second kappa shape index (κ2) is 9.80. The second-order valence-electron chi connectivity index (χ2n) is 8.18. The van der Waals surface area contributed by atoms with Crippen LogP contribution in [-0.4, -0.2) is 51.6 Å². The maximum absolute atomic E-state index is 5.09. The van der Waals surface area contributed by atoms with Gasteiger partial charge in [0.25, 0.3) is 0 Å². The number of thiazole rings is 1. The minimum absolute atomic E-state index is 0.433. The SMILES string of the molecule is COCCc1ncc(CN2CCC(c3cc(Nc4nc(C)c(C)s4)cc(C)n3)C2)cn1. The molecular weight excluding hydrogens is 408 g/mol. The molecule has 1 fully saturated rings. The molecule has 3 aromatic heterocycles. The van der Waals surface area contributed by atoms with Gasteiger partial charge in [0.15, 0.2) is 5.13 Å². The first-order chi connectivity index (χ1) is 15.0. The highest BCUT2D eigenvalue weighted by Crippen LogP contribution is 2.31. The summed E-state index contributed by atoms with van der Waals surface area (Å²) in [7, 11) is 1.70. The van der Waals surface area contributed by atoms with E-state index in [1.165, 1.54) is 4.88 Å². The molecule has 0 aliphatic carbocycles. The van der Waals surface area contributed by atoms with E-state index in [-0.39, 0.29) is 0 Å². The minimum atomic E-state index is 0.433. The summed E-state index contributed by atoms with van der Waals surface area (Å²) in [6, 6.07) is 4.27. The molecule has 0 bridgehead atoms. The molecule has 0 saturated carbocycles. The zero-order valence-electron chi connectivity index (χ0n) is 18.7. The standard InChI is InChI=1S/C23H30N6OS/c1-15-9-20(28-23-27-16(2)17(3)31-23)10-21(26-15)19-5-7-29(14-19)13-18-11-24-22(25-12-18)6-8-30-4/h9-12,19H,5-8,13-14H2,1-4H3,(H,26,27,28). The molecule has 1 saturated heterocycles. The molecule has 4 heterocycles. The van der Waals surface area contributed by atoms with E-state index in [0.29, 0.717) is 12.5 Å². The lowest BCUT2D eigenvalue weighted by Crippen LogP contribution is -2.20. The molecule has 1 atom stereocenters. The molecule has 0 spiro atoms. The zero-order chi connectivity index (χ0) is 21.8. The van der Waals surface area contributed by atoms with Crippen LogP contribution in [0.5, 0.6) is 0 Å². The van der Waals surface area contributed by atoms with Crippen LogP contribution in [0.15, 0.2) is 24.5 Å². The normalized spacial score (nSPS) is 16.7. The largest absolute Gasteiger partial charge is 0.384 e. The van der Waals surface area contributed by atoms with E-state index >= 15 is 0 Å². The smallest absolute Gasteiger partial charge is 0.187 e. The molecule has 7 nitrogen and oxygen atoms in total. The number of hydrogen-bond acceptors (Lipinski definition) is 8. The molecule has 1 aliphatic rings. The van der Waals surface area contributed by atoms with Gasteiger partial charge in [-0.25, -0.2) is 15.0 Å². The number of likely N-dealkylation sites (tertiary alicyclic amines) is 1. The van der Waals surface area contributed by atoms with Gasteiger partial charge < -0.3 is 10.1 Å². The van der Waals surface area contributed by atoms with Crippen LogP contribution in [0.4, 0.5) is 10.8 Å². The molecule has 1 unspecified atom stereocenters. The van der Waals surface area contributed by atoms with E-state index in [4.69, 9.17) is 9.72 Å². The fraction of sp³-hybridized carbons (Fsp3) is 0.478. The average Bonchev–Trinajstić information content (AvgIpc) is 3.33. The van der Waals surface area contributed by atoms with Crippen molar-refractivity contribution in [3.63, 3.8) is 0 Å². The van der Waals surface area contributed by atoms with Gasteiger partial charge in [-0.15, -0.1) is 11.3 Å². The highest BCUT2D eigenvalue weighted by Gasteiger charge is 2.25. The molecule has 31 heavy (non-hydrogen) atoms. The molecule has 0 amide bonds. The summed E-state index contributed by atoms with van der Waals surface area (Å²) in [5.41, 5.74) is 5.48. The second-order valence-corrected chi connectivity index (χ2v) is 9.38. The Morgan fingerprint density at radius 1 is 1.16 bits per heavy atom. The molecular formula is C23H30N6OS. The molecule has 0 radical (unpaired) electrons. The first-order valence-electron chi connectivity index (χ1n) is 10.7. The lowest BCUT2D eigenvalue weighted by molar-refractivity contribution is 0.200. The first-order valence-corrected chi connectivity index (χ1v) is 11.5. The van der Waals surface area contributed by atoms with Crippen LogP contribution in [0.1, 0.15) is 45.7 Å². The summed E-state index contributed by atoms with van der Waals surface area (Å²) >= 11 is 1.69. The molecule has 8 heteroatoms. The van der Waals surface area contributed by atoms with Gasteiger partial charge in [0.1, 0.15) is 5.82 Å². The van der Waals surface area contributed by atoms with Crippen molar-refractivity contribution in [1.29, 1.82) is 0 Å². The van der Waals surface area contributed by atoms with Gasteiger partial charge in [0.2, 0.25) is 0 Å². The Labute approximate surface area is 187 Å². The van der Waals surface area contributed by atoms with E-state index in [2.05, 4.69) is 51.1 Å². The number of methoxy groups -OCH3 is 1. The van der Waals surface area contributed by atoms with Crippen molar-refractivity contribution in [2.75, 3.05) is 32.1 Å². The van der Waals surface area contributed by atoms with Gasteiger partial charge in [-0.3, -0.25) is 9.88 Å². The van der Waals surface area contributed by atoms with Crippen molar-refractivity contribution in [2.45, 2.75) is 46.1 Å². The van der Waals surface area contributed by atoms with Crippen LogP contribution in [0.3, 0.4) is 0 Å². The minimum Gasteiger partial charge on any atom is -0.384 e. The van der Waals surface area contributed by atoms with E-state index in [1.807, 2.05) is 19.3 Å². The number of pyridine rings is 1. The lowest BCUT2D eigenvalue weighted by atomic mass is 10.0. The molecule has 4 rings (SSSR count). The van der Waals surface area contributed by atoms with Crippen LogP contribution in [0.25, 0.3) is 0 Å². The Balaban J connectivity index is 1.38. The molecule has 1 N–H and O–H groups in total. The fourth-order valence-corrected chi connectivity index (χ4v) is 4.72. The summed E-state index contributed by atoms with van der Waals surface area (Å²) < 4.78 is 5.09. The molecule has 164 valence electrons. The summed E-state index contributed by atoms with van der Waals surface area (Å²) in [6.07, 6.45) is 5.74. The number of aromatic nitrogens is 4. The van der Waals surface area contributed by atoms with Crippen LogP contribution in [0.2, 0.25) is 0 Å². The Morgan fingerprint density at radius 3 is 2.68 bits per heavy atom. The van der Waals surface area contributed by atoms with Crippen molar-refractivity contribution < 1.29 is 4.74 Å². The topological polar surface area (TPSA) is 76.1 Å². The van der Waals surface area contributed by atoms with Gasteiger partial charge in [-0.1, -0.05) is 0 Å². The van der Waals surface area contributed by atoms with Crippen molar-refractivity contribution >= 4 is 22.2 Å². The number of aryl methyl sites for hydroxylation is 3. The number of rotatable bonds is 8. The van der Waals surface area contributed by atoms with Crippen molar-refractivity contribution in [1.82, 2.24) is 24.8 Å². The number of nitrogens with zero attached hydrogens (tertiary/aromatic N) is 5. The van der Waals surface area contributed by atoms with E-state index in [0.717, 1.165) is 71.8 Å². The van der Waals surface area contributed by atoms with Gasteiger partial charge in [0, 0.05) is 72.4 Å². The third-order valence-corrected chi connectivity index (χ3v) is 6.63. The zero-order valence-corrected chi connectivity index (χ0v) is 19.5. The predicted octanol–water partition coefficient (Wildman–Crippen LogP) is 4.18. The van der Waals surface area contributed by atoms with Gasteiger partial charge in [-0.05, 0) is 45.9 Å². The maximum Gasteiger partial charge on any atom is 0.187 e. The van der Waals surface area contributed by atoms with Crippen molar-refractivity contribution in [3.8, 4) is 0 Å². The van der Waals surface area contributed by atoms with Gasteiger partial charge in [-0.2, -0.15) is 0 Å². The lowest BCUT2D eigenvalue weighted by Gasteiger charge is -2.16. The van der Waals surface area contributed by atoms with E-state index < -0.39 is 0 Å². The Hall–Kier alpha value is -2.42. The fourth-order valence-electron chi connectivity index (χ4n) is 3.89. The summed E-state index contributed by atoms with van der Waals surface area (Å²) in [5.74, 6) is 1.27. The highest BCUT2D eigenvalue weighted by molar-refractivity contribution is 7.15. The van der Waals surface area contributed by atoms with Crippen LogP contribution in [0, 0.1) is 20.8 Å².